The number of carbonyl (C=O) groups is 2. The smallest absolute Gasteiger partial charge is 0.325 e. The van der Waals surface area contributed by atoms with Gasteiger partial charge in [0.25, 0.3) is 0 Å². The topological polar surface area (TPSA) is 77.4 Å². The molecule has 1 aromatic heterocycles. The highest BCUT2D eigenvalue weighted by Crippen LogP contribution is 2.02. The van der Waals surface area contributed by atoms with E-state index in [9.17, 15) is 14.4 Å². The summed E-state index contributed by atoms with van der Waals surface area (Å²) in [5, 5.41) is 4.27. The second kappa shape index (κ2) is 7.73. The largest absolute Gasteiger partial charge is 0.465 e. The fourth-order valence-electron chi connectivity index (χ4n) is 1.54. The summed E-state index contributed by atoms with van der Waals surface area (Å²) in [6.45, 7) is 4.28. The normalized spacial score (nSPS) is 10.2. The first-order valence-corrected chi connectivity index (χ1v) is 6.99. The first kappa shape index (κ1) is 15.4. The molecule has 1 rings (SSSR count). The Bertz CT molecular complexity index is 492. The van der Waals surface area contributed by atoms with Crippen molar-refractivity contribution in [2.24, 2.45) is 0 Å². The van der Waals surface area contributed by atoms with Gasteiger partial charge in [0.2, 0.25) is 5.91 Å². The number of carbonyl (C=O) groups excluding carboxylic acids is 2. The maximum atomic E-state index is 11.4. The molecule has 0 saturated heterocycles. The second-order valence-corrected chi connectivity index (χ2v) is 4.80. The maximum absolute atomic E-state index is 11.4. The minimum absolute atomic E-state index is 0.00979. The summed E-state index contributed by atoms with van der Waals surface area (Å²) in [6, 6.07) is 0. The highest BCUT2D eigenvalue weighted by atomic mass is 32.1. The number of hydrogen-bond acceptors (Lipinski definition) is 5. The summed E-state index contributed by atoms with van der Waals surface area (Å²) in [5.41, 5.74) is 0.905. The summed E-state index contributed by atoms with van der Waals surface area (Å²) in [7, 11) is 0. The van der Waals surface area contributed by atoms with Crippen LogP contribution in [0.15, 0.2) is 10.2 Å². The van der Waals surface area contributed by atoms with E-state index in [1.807, 2.05) is 6.92 Å². The number of aryl methyl sites for hydroxylation is 1. The van der Waals surface area contributed by atoms with Crippen LogP contribution in [0.25, 0.3) is 0 Å². The van der Waals surface area contributed by atoms with Gasteiger partial charge in [-0.3, -0.25) is 14.4 Å². The average Bonchev–Trinajstić information content (AvgIpc) is 2.68. The van der Waals surface area contributed by atoms with Crippen molar-refractivity contribution >= 4 is 23.2 Å². The zero-order valence-electron chi connectivity index (χ0n) is 11.1. The first-order valence-electron chi connectivity index (χ1n) is 6.11. The number of hydrogen-bond donors (Lipinski definition) is 1. The van der Waals surface area contributed by atoms with Gasteiger partial charge in [-0.25, -0.2) is 0 Å². The maximum Gasteiger partial charge on any atom is 0.325 e. The monoisotopic (exact) mass is 286 g/mol. The Balaban J connectivity index is 2.24. The van der Waals surface area contributed by atoms with Gasteiger partial charge in [-0.1, -0.05) is 11.3 Å². The Labute approximate surface area is 115 Å². The standard InChI is InChI=1S/C12H18N2O4S/c1-3-18-11(16)7-13-10(15)5-4-6-14-9(2)8-19-12(14)17/h8H,3-7H2,1-2H3,(H,13,15). The molecule has 0 spiro atoms. The van der Waals surface area contributed by atoms with Crippen molar-refractivity contribution in [3.8, 4) is 0 Å². The third-order valence-electron chi connectivity index (χ3n) is 2.50. The molecule has 0 radical (unpaired) electrons. The Morgan fingerprint density at radius 1 is 1.47 bits per heavy atom. The molecule has 1 aromatic rings. The van der Waals surface area contributed by atoms with Crippen LogP contribution in [0, 0.1) is 6.92 Å². The van der Waals surface area contributed by atoms with Crippen molar-refractivity contribution in [1.29, 1.82) is 0 Å². The molecule has 0 aliphatic heterocycles. The molecular formula is C12H18N2O4S. The predicted molar refractivity (Wildman–Crippen MR) is 72.2 cm³/mol. The molecule has 6 nitrogen and oxygen atoms in total. The van der Waals surface area contributed by atoms with E-state index in [1.165, 1.54) is 0 Å². The summed E-state index contributed by atoms with van der Waals surface area (Å²) >= 11 is 1.16. The van der Waals surface area contributed by atoms with Gasteiger partial charge in [-0.15, -0.1) is 0 Å². The lowest BCUT2D eigenvalue weighted by Gasteiger charge is -2.06. The van der Waals surface area contributed by atoms with E-state index in [2.05, 4.69) is 10.1 Å². The molecule has 106 valence electrons. The average molecular weight is 286 g/mol. The molecule has 0 aliphatic rings. The number of thiazole rings is 1. The molecule has 7 heteroatoms. The van der Waals surface area contributed by atoms with E-state index in [0.29, 0.717) is 19.6 Å². The lowest BCUT2D eigenvalue weighted by atomic mass is 10.3. The van der Waals surface area contributed by atoms with Gasteiger partial charge < -0.3 is 14.6 Å². The zero-order chi connectivity index (χ0) is 14.3. The highest BCUT2D eigenvalue weighted by Gasteiger charge is 2.07. The zero-order valence-corrected chi connectivity index (χ0v) is 11.9. The Kier molecular flexibility index (Phi) is 6.27. The third-order valence-corrected chi connectivity index (χ3v) is 3.38. The molecule has 0 aromatic carbocycles. The molecule has 0 aliphatic carbocycles. The van der Waals surface area contributed by atoms with Crippen LogP contribution in [0.2, 0.25) is 0 Å². The van der Waals surface area contributed by atoms with Crippen LogP contribution >= 0.6 is 11.3 Å². The van der Waals surface area contributed by atoms with Gasteiger partial charge in [0.15, 0.2) is 0 Å². The lowest BCUT2D eigenvalue weighted by molar-refractivity contribution is -0.143. The molecular weight excluding hydrogens is 268 g/mol. The number of nitrogens with zero attached hydrogens (tertiary/aromatic N) is 1. The van der Waals surface area contributed by atoms with Crippen molar-refractivity contribution in [2.75, 3.05) is 13.2 Å². The van der Waals surface area contributed by atoms with Crippen LogP contribution in [0.1, 0.15) is 25.5 Å². The molecule has 0 saturated carbocycles. The molecule has 1 heterocycles. The van der Waals surface area contributed by atoms with E-state index < -0.39 is 5.97 Å². The van der Waals surface area contributed by atoms with Crippen molar-refractivity contribution < 1.29 is 14.3 Å². The Hall–Kier alpha value is -1.63. The number of aromatic nitrogens is 1. The van der Waals surface area contributed by atoms with Crippen molar-refractivity contribution in [3.63, 3.8) is 0 Å². The molecule has 0 fully saturated rings. The molecule has 0 atom stereocenters. The molecule has 0 bridgehead atoms. The van der Waals surface area contributed by atoms with Gasteiger partial charge in [-0.2, -0.15) is 0 Å². The number of amides is 1. The van der Waals surface area contributed by atoms with Crippen LogP contribution in [0.4, 0.5) is 0 Å². The number of ether oxygens (including phenoxy) is 1. The summed E-state index contributed by atoms with van der Waals surface area (Å²) in [5.74, 6) is -0.658. The van der Waals surface area contributed by atoms with Gasteiger partial charge in [0, 0.05) is 24.0 Å². The fraction of sp³-hybridized carbons (Fsp3) is 0.583. The minimum atomic E-state index is -0.444. The molecule has 0 unspecified atom stereocenters. The predicted octanol–water partition coefficient (Wildman–Crippen LogP) is 0.678. The van der Waals surface area contributed by atoms with E-state index >= 15 is 0 Å². The minimum Gasteiger partial charge on any atom is -0.465 e. The molecule has 1 amide bonds. The van der Waals surface area contributed by atoms with Gasteiger partial charge in [0.1, 0.15) is 6.54 Å². The second-order valence-electron chi connectivity index (χ2n) is 3.98. The van der Waals surface area contributed by atoms with Gasteiger partial charge in [-0.05, 0) is 20.3 Å². The molecule has 19 heavy (non-hydrogen) atoms. The Morgan fingerprint density at radius 2 is 2.21 bits per heavy atom. The van der Waals surface area contributed by atoms with Gasteiger partial charge >= 0.3 is 10.8 Å². The highest BCUT2D eigenvalue weighted by molar-refractivity contribution is 7.07. The van der Waals surface area contributed by atoms with E-state index in [1.54, 1.807) is 16.9 Å². The van der Waals surface area contributed by atoms with Crippen LogP contribution in [0.5, 0.6) is 0 Å². The lowest BCUT2D eigenvalue weighted by Crippen LogP contribution is -2.30. The van der Waals surface area contributed by atoms with Gasteiger partial charge in [0.05, 0.1) is 6.61 Å². The van der Waals surface area contributed by atoms with E-state index in [-0.39, 0.29) is 23.7 Å². The number of esters is 1. The fourth-order valence-corrected chi connectivity index (χ4v) is 2.30. The number of rotatable bonds is 7. The van der Waals surface area contributed by atoms with Crippen molar-refractivity contribution in [2.45, 2.75) is 33.2 Å². The van der Waals surface area contributed by atoms with Crippen LogP contribution in [0.3, 0.4) is 0 Å². The Morgan fingerprint density at radius 3 is 2.79 bits per heavy atom. The van der Waals surface area contributed by atoms with Crippen LogP contribution in [-0.2, 0) is 20.9 Å². The SMILES string of the molecule is CCOC(=O)CNC(=O)CCCn1c(C)csc1=O. The third kappa shape index (κ3) is 5.25. The number of nitrogens with one attached hydrogen (secondary N) is 1. The quantitative estimate of drug-likeness (QED) is 0.748. The van der Waals surface area contributed by atoms with Crippen molar-refractivity contribution in [1.82, 2.24) is 9.88 Å². The van der Waals surface area contributed by atoms with E-state index in [4.69, 9.17) is 0 Å². The summed E-state index contributed by atoms with van der Waals surface area (Å²) in [6.07, 6.45) is 0.841. The molecule has 1 N–H and O–H groups in total. The first-order chi connectivity index (χ1) is 9.04. The van der Waals surface area contributed by atoms with E-state index in [0.717, 1.165) is 17.0 Å². The summed E-state index contributed by atoms with van der Waals surface area (Å²) < 4.78 is 6.33. The summed E-state index contributed by atoms with van der Waals surface area (Å²) in [4.78, 5) is 33.9. The van der Waals surface area contributed by atoms with Crippen LogP contribution < -0.4 is 10.2 Å². The van der Waals surface area contributed by atoms with Crippen LogP contribution in [-0.4, -0.2) is 29.6 Å². The van der Waals surface area contributed by atoms with Crippen molar-refractivity contribution in [3.05, 3.63) is 20.7 Å².